The van der Waals surface area contributed by atoms with Crippen LogP contribution in [-0.4, -0.2) is 19.6 Å². The summed E-state index contributed by atoms with van der Waals surface area (Å²) < 4.78 is 1.85. The van der Waals surface area contributed by atoms with E-state index in [0.29, 0.717) is 17.8 Å². The first-order valence-corrected chi connectivity index (χ1v) is 11.0. The van der Waals surface area contributed by atoms with Crippen LogP contribution >= 0.6 is 0 Å². The van der Waals surface area contributed by atoms with E-state index in [4.69, 9.17) is 10.1 Å². The molecule has 2 heterocycles. The Morgan fingerprint density at radius 3 is 2.63 bits per heavy atom. The lowest BCUT2D eigenvalue weighted by Gasteiger charge is -2.34. The number of fused-ring (bicyclic) bond motifs is 2. The molecular weight excluding hydrogens is 372 g/mol. The van der Waals surface area contributed by atoms with Crippen molar-refractivity contribution in [1.82, 2.24) is 19.6 Å². The summed E-state index contributed by atoms with van der Waals surface area (Å²) in [6, 6.07) is 14.3. The van der Waals surface area contributed by atoms with E-state index in [2.05, 4.69) is 44.0 Å². The third-order valence-electron chi connectivity index (χ3n) is 6.87. The first-order chi connectivity index (χ1) is 14.5. The zero-order valence-electron chi connectivity index (χ0n) is 17.9. The van der Waals surface area contributed by atoms with Gasteiger partial charge in [-0.05, 0) is 48.8 Å². The second-order valence-corrected chi connectivity index (χ2v) is 9.07. The van der Waals surface area contributed by atoms with Gasteiger partial charge in [0.1, 0.15) is 5.82 Å². The van der Waals surface area contributed by atoms with Gasteiger partial charge in [-0.2, -0.15) is 0 Å². The van der Waals surface area contributed by atoms with Gasteiger partial charge in [-0.3, -0.25) is 4.79 Å². The Labute approximate surface area is 176 Å². The third-order valence-corrected chi connectivity index (χ3v) is 6.87. The van der Waals surface area contributed by atoms with E-state index in [1.54, 1.807) is 0 Å². The highest BCUT2D eigenvalue weighted by molar-refractivity contribution is 5.95. The molecule has 0 radical (unpaired) electrons. The van der Waals surface area contributed by atoms with Crippen LogP contribution in [0.15, 0.2) is 47.3 Å². The van der Waals surface area contributed by atoms with Crippen LogP contribution in [0.2, 0.25) is 0 Å². The molecule has 1 N–H and O–H groups in total. The summed E-state index contributed by atoms with van der Waals surface area (Å²) in [5.41, 5.74) is 2.20. The normalized spacial score (nSPS) is 22.0. The molecule has 30 heavy (non-hydrogen) atoms. The lowest BCUT2D eigenvalue weighted by Crippen LogP contribution is -2.31. The van der Waals surface area contributed by atoms with Crippen molar-refractivity contribution in [3.05, 3.63) is 64.3 Å². The fourth-order valence-corrected chi connectivity index (χ4v) is 4.89. The number of aromatic nitrogens is 4. The van der Waals surface area contributed by atoms with Crippen LogP contribution in [0.4, 0.5) is 0 Å². The molecule has 5 heteroatoms. The van der Waals surface area contributed by atoms with Crippen molar-refractivity contribution in [2.45, 2.75) is 58.3 Å². The van der Waals surface area contributed by atoms with Gasteiger partial charge < -0.3 is 4.98 Å². The summed E-state index contributed by atoms with van der Waals surface area (Å²) in [5, 5.41) is 7.17. The molecule has 2 aromatic carbocycles. The van der Waals surface area contributed by atoms with Crippen LogP contribution in [0.1, 0.15) is 58.0 Å². The summed E-state index contributed by atoms with van der Waals surface area (Å²) in [7, 11) is 0. The number of aromatic amines is 1. The number of benzene rings is 2. The number of aryl methyl sites for hydroxylation is 1. The second-order valence-electron chi connectivity index (χ2n) is 9.07. The van der Waals surface area contributed by atoms with Gasteiger partial charge in [0.25, 0.3) is 5.56 Å². The van der Waals surface area contributed by atoms with E-state index in [1.807, 2.05) is 28.8 Å². The summed E-state index contributed by atoms with van der Waals surface area (Å²) in [4.78, 5) is 21.2. The summed E-state index contributed by atoms with van der Waals surface area (Å²) in [6.45, 7) is 6.66. The van der Waals surface area contributed by atoms with Crippen molar-refractivity contribution >= 4 is 16.3 Å². The van der Waals surface area contributed by atoms with Gasteiger partial charge in [-0.25, -0.2) is 9.50 Å². The molecule has 1 aliphatic carbocycles. The van der Waals surface area contributed by atoms with Crippen LogP contribution in [0.5, 0.6) is 0 Å². The largest absolute Gasteiger partial charge is 0.303 e. The van der Waals surface area contributed by atoms with Crippen LogP contribution in [0, 0.1) is 5.92 Å². The van der Waals surface area contributed by atoms with Crippen molar-refractivity contribution in [3.8, 4) is 11.4 Å². The van der Waals surface area contributed by atoms with E-state index < -0.39 is 0 Å². The number of imidazole rings is 1. The Kier molecular flexibility index (Phi) is 4.49. The van der Waals surface area contributed by atoms with Crippen molar-refractivity contribution in [2.75, 3.05) is 0 Å². The first-order valence-electron chi connectivity index (χ1n) is 11.0. The highest BCUT2D eigenvalue weighted by Gasteiger charge is 2.36. The van der Waals surface area contributed by atoms with E-state index in [0.717, 1.165) is 46.6 Å². The minimum Gasteiger partial charge on any atom is -0.303 e. The number of hydrogen-bond acceptors (Lipinski definition) is 3. The number of hydrogen-bond donors (Lipinski definition) is 1. The molecule has 5 nitrogen and oxygen atoms in total. The molecule has 0 atom stereocenters. The molecule has 5 rings (SSSR count). The molecule has 1 aliphatic rings. The topological polar surface area (TPSA) is 63.1 Å². The molecule has 0 spiro atoms. The fourth-order valence-electron chi connectivity index (χ4n) is 4.89. The van der Waals surface area contributed by atoms with Gasteiger partial charge in [0.05, 0.1) is 5.69 Å². The number of nitrogens with zero attached hydrogens (tertiary/aromatic N) is 3. The summed E-state index contributed by atoms with van der Waals surface area (Å²) >= 11 is 0. The molecule has 154 valence electrons. The molecule has 1 saturated carbocycles. The van der Waals surface area contributed by atoms with Crippen LogP contribution in [0.3, 0.4) is 0 Å². The monoisotopic (exact) mass is 400 g/mol. The van der Waals surface area contributed by atoms with Crippen molar-refractivity contribution in [1.29, 1.82) is 0 Å². The Bertz CT molecular complexity index is 1290. The lowest BCUT2D eigenvalue weighted by molar-refractivity contribution is 0.247. The van der Waals surface area contributed by atoms with Gasteiger partial charge in [0.15, 0.2) is 11.3 Å². The molecule has 0 saturated heterocycles. The number of nitrogens with one attached hydrogen (secondary N) is 1. The van der Waals surface area contributed by atoms with Crippen LogP contribution in [-0.2, 0) is 11.8 Å². The van der Waals surface area contributed by atoms with Gasteiger partial charge in [0, 0.05) is 11.0 Å². The van der Waals surface area contributed by atoms with E-state index in [1.165, 1.54) is 12.8 Å². The highest BCUT2D eigenvalue weighted by atomic mass is 16.1. The van der Waals surface area contributed by atoms with Gasteiger partial charge >= 0.3 is 0 Å². The Morgan fingerprint density at radius 2 is 1.87 bits per heavy atom. The second kappa shape index (κ2) is 7.08. The van der Waals surface area contributed by atoms with Crippen molar-refractivity contribution in [3.63, 3.8) is 0 Å². The van der Waals surface area contributed by atoms with Gasteiger partial charge in [-0.15, -0.1) is 5.10 Å². The van der Waals surface area contributed by atoms with E-state index in [9.17, 15) is 4.79 Å². The molecule has 2 aromatic heterocycles. The quantitative estimate of drug-likeness (QED) is 0.510. The Morgan fingerprint density at radius 1 is 1.13 bits per heavy atom. The van der Waals surface area contributed by atoms with Gasteiger partial charge in [0.2, 0.25) is 0 Å². The first kappa shape index (κ1) is 19.0. The Hall–Kier alpha value is -2.95. The molecule has 4 aromatic rings. The van der Waals surface area contributed by atoms with Crippen LogP contribution in [0.25, 0.3) is 27.7 Å². The maximum absolute atomic E-state index is 13.2. The van der Waals surface area contributed by atoms with E-state index >= 15 is 0 Å². The maximum atomic E-state index is 13.2. The third kappa shape index (κ3) is 2.95. The fraction of sp³-hybridized carbons (Fsp3) is 0.400. The molecule has 0 aliphatic heterocycles. The van der Waals surface area contributed by atoms with E-state index in [-0.39, 0.29) is 11.0 Å². The van der Waals surface area contributed by atoms with Gasteiger partial charge in [-0.1, -0.05) is 63.2 Å². The number of rotatable bonds is 3. The predicted molar refractivity (Wildman–Crippen MR) is 121 cm³/mol. The molecular formula is C25H28N4O. The minimum absolute atomic E-state index is 0.0559. The molecule has 1 fully saturated rings. The van der Waals surface area contributed by atoms with Crippen molar-refractivity contribution < 1.29 is 0 Å². The predicted octanol–water partition coefficient (Wildman–Crippen LogP) is 5.27. The molecule has 0 unspecified atom stereocenters. The zero-order valence-corrected chi connectivity index (χ0v) is 17.9. The number of H-pyrrole nitrogens is 1. The lowest BCUT2D eigenvalue weighted by atomic mass is 9.72. The smallest absolute Gasteiger partial charge is 0.277 e. The molecule has 0 bridgehead atoms. The highest BCUT2D eigenvalue weighted by Crippen LogP contribution is 2.41. The maximum Gasteiger partial charge on any atom is 0.277 e. The standard InChI is InChI=1S/C25H28N4O/c1-4-20-21-23(30)27-22(19-11-7-9-17-8-5-6-10-18(17)19)28-29(21)24(26-20)25(3)14-12-16(2)13-15-25/h5-11,16H,4,12-15H2,1-3H3,(H,27,28,30). The Balaban J connectivity index is 1.76. The average molecular weight is 401 g/mol. The summed E-state index contributed by atoms with van der Waals surface area (Å²) in [5.74, 6) is 2.28. The average Bonchev–Trinajstić information content (AvgIpc) is 3.16. The van der Waals surface area contributed by atoms with Crippen molar-refractivity contribution in [2.24, 2.45) is 5.92 Å². The zero-order chi connectivity index (χ0) is 20.9. The SMILES string of the molecule is CCc1nc(C2(C)CCC(C)CC2)n2nc(-c3cccc4ccccc34)[nH]c(=O)c12. The summed E-state index contributed by atoms with van der Waals surface area (Å²) in [6.07, 6.45) is 5.25. The van der Waals surface area contributed by atoms with Crippen LogP contribution < -0.4 is 5.56 Å². The minimum atomic E-state index is -0.115. The molecule has 0 amide bonds.